The zero-order valence-corrected chi connectivity index (χ0v) is 22.7. The van der Waals surface area contributed by atoms with Crippen LogP contribution in [0, 0.1) is 11.6 Å². The molecule has 0 N–H and O–H groups in total. The molecule has 8 heteroatoms. The van der Waals surface area contributed by atoms with Crippen molar-refractivity contribution in [3.05, 3.63) is 99.3 Å². The van der Waals surface area contributed by atoms with Gasteiger partial charge in [0.05, 0.1) is 21.6 Å². The van der Waals surface area contributed by atoms with Crippen molar-refractivity contribution in [2.45, 2.75) is 32.4 Å². The van der Waals surface area contributed by atoms with Gasteiger partial charge in [0.25, 0.3) is 0 Å². The Morgan fingerprint density at radius 1 is 0.872 bits per heavy atom. The molecule has 4 aromatic rings. The van der Waals surface area contributed by atoms with Gasteiger partial charge in [-0.1, -0.05) is 23.7 Å². The topological polar surface area (TPSA) is 31.7 Å². The molecule has 5 nitrogen and oxygen atoms in total. The van der Waals surface area contributed by atoms with Crippen LogP contribution in [0.1, 0.15) is 25.3 Å². The Bertz CT molecular complexity index is 1550. The maximum Gasteiger partial charge on any atom is 0.189 e. The van der Waals surface area contributed by atoms with Crippen molar-refractivity contribution in [1.82, 2.24) is 9.47 Å². The lowest BCUT2D eigenvalue weighted by atomic mass is 10.1. The van der Waals surface area contributed by atoms with Crippen molar-refractivity contribution in [3.63, 3.8) is 0 Å². The highest BCUT2D eigenvalue weighted by molar-refractivity contribution is 6.38. The third-order valence-electron chi connectivity index (χ3n) is 8.13. The molecule has 0 bridgehead atoms. The van der Waals surface area contributed by atoms with E-state index in [-0.39, 0.29) is 21.7 Å². The summed E-state index contributed by atoms with van der Waals surface area (Å²) in [6, 6.07) is 18.0. The molecule has 2 fully saturated rings. The summed E-state index contributed by atoms with van der Waals surface area (Å²) in [6.07, 6.45) is 4.18. The first-order valence-electron chi connectivity index (χ1n) is 13.5. The number of benzene rings is 3. The van der Waals surface area contributed by atoms with Crippen LogP contribution in [0.15, 0.2) is 71.7 Å². The van der Waals surface area contributed by atoms with E-state index in [0.717, 1.165) is 24.5 Å². The molecule has 202 valence electrons. The molecular weight excluding hydrogens is 518 g/mol. The number of pyridine rings is 1. The number of fused-ring (bicyclic) bond motifs is 1. The van der Waals surface area contributed by atoms with Crippen molar-refractivity contribution in [2.75, 3.05) is 42.5 Å². The lowest BCUT2D eigenvalue weighted by molar-refractivity contribution is 0.260. The molecule has 0 radical (unpaired) electrons. The first kappa shape index (κ1) is 25.8. The van der Waals surface area contributed by atoms with Gasteiger partial charge in [0.1, 0.15) is 11.6 Å². The van der Waals surface area contributed by atoms with Crippen molar-refractivity contribution in [1.29, 1.82) is 0 Å². The van der Waals surface area contributed by atoms with E-state index in [0.29, 0.717) is 43.4 Å². The molecule has 0 saturated carbocycles. The standard InChI is InChI=1S/C31H31ClF2N4O/c1-21-3-2-13-37(21)20-22-4-8-25(9-5-22)38-14-12-28(39)26-19-27(34)31(29(32)30(26)38)36-17-15-35(16-18-36)24-10-6-23(33)7-11-24/h4-12,14,19,21H,2-3,13,15-18,20H2,1H3. The molecule has 0 aliphatic carbocycles. The van der Waals surface area contributed by atoms with E-state index in [1.54, 1.807) is 18.3 Å². The van der Waals surface area contributed by atoms with E-state index in [1.165, 1.54) is 42.7 Å². The number of anilines is 2. The number of aromatic nitrogens is 1. The molecule has 2 aliphatic heterocycles. The Morgan fingerprint density at radius 2 is 1.54 bits per heavy atom. The van der Waals surface area contributed by atoms with Gasteiger partial charge in [-0.05, 0) is 74.3 Å². The fourth-order valence-electron chi connectivity index (χ4n) is 5.90. The van der Waals surface area contributed by atoms with Gasteiger partial charge in [0.15, 0.2) is 5.43 Å². The SMILES string of the molecule is CC1CCCN1Cc1ccc(-n2ccc(=O)c3cc(F)c(N4CCN(c5ccc(F)cc5)CC4)c(Cl)c32)cc1. The van der Waals surface area contributed by atoms with Gasteiger partial charge in [-0.25, -0.2) is 8.78 Å². The molecule has 39 heavy (non-hydrogen) atoms. The minimum absolute atomic E-state index is 0.230. The Hall–Kier alpha value is -3.42. The van der Waals surface area contributed by atoms with Crippen LogP contribution >= 0.6 is 11.6 Å². The summed E-state index contributed by atoms with van der Waals surface area (Å²) in [7, 11) is 0. The monoisotopic (exact) mass is 548 g/mol. The second-order valence-corrected chi connectivity index (χ2v) is 10.9. The first-order valence-corrected chi connectivity index (χ1v) is 13.9. The first-order chi connectivity index (χ1) is 18.9. The number of hydrogen-bond acceptors (Lipinski definition) is 4. The summed E-state index contributed by atoms with van der Waals surface area (Å²) in [5, 5.41) is 0.483. The summed E-state index contributed by atoms with van der Waals surface area (Å²) < 4.78 is 30.7. The number of hydrogen-bond donors (Lipinski definition) is 0. The molecule has 3 heterocycles. The van der Waals surface area contributed by atoms with Gasteiger partial charge in [-0.3, -0.25) is 9.69 Å². The zero-order valence-electron chi connectivity index (χ0n) is 21.9. The largest absolute Gasteiger partial charge is 0.368 e. The van der Waals surface area contributed by atoms with Crippen molar-refractivity contribution < 1.29 is 8.78 Å². The summed E-state index contributed by atoms with van der Waals surface area (Å²) in [5.41, 5.74) is 3.56. The molecule has 0 spiro atoms. The van der Waals surface area contributed by atoms with Crippen LogP contribution in [0.5, 0.6) is 0 Å². The fourth-order valence-corrected chi connectivity index (χ4v) is 6.30. The molecule has 2 aliphatic rings. The van der Waals surface area contributed by atoms with Gasteiger partial charge in [0.2, 0.25) is 0 Å². The van der Waals surface area contributed by atoms with Crippen LogP contribution in [0.25, 0.3) is 16.6 Å². The lowest BCUT2D eigenvalue weighted by Crippen LogP contribution is -2.47. The smallest absolute Gasteiger partial charge is 0.189 e. The molecule has 1 aromatic heterocycles. The van der Waals surface area contributed by atoms with E-state index < -0.39 is 5.82 Å². The Labute approximate surface area is 231 Å². The Kier molecular flexibility index (Phi) is 7.04. The van der Waals surface area contributed by atoms with Crippen LogP contribution in [0.3, 0.4) is 0 Å². The highest BCUT2D eigenvalue weighted by Gasteiger charge is 2.25. The molecule has 1 atom stereocenters. The minimum atomic E-state index is -0.507. The number of halogens is 3. The summed E-state index contributed by atoms with van der Waals surface area (Å²) >= 11 is 6.94. The second kappa shape index (κ2) is 10.6. The van der Waals surface area contributed by atoms with Gasteiger partial charge in [0, 0.05) is 62.4 Å². The van der Waals surface area contributed by atoms with E-state index in [2.05, 4.69) is 28.9 Å². The molecule has 0 amide bonds. The fraction of sp³-hybridized carbons (Fsp3) is 0.323. The predicted molar refractivity (Wildman–Crippen MR) is 154 cm³/mol. The van der Waals surface area contributed by atoms with Gasteiger partial charge in [-0.2, -0.15) is 0 Å². The van der Waals surface area contributed by atoms with Crippen LogP contribution in [-0.2, 0) is 6.54 Å². The molecule has 2 saturated heterocycles. The molecule has 6 rings (SSSR count). The highest BCUT2D eigenvalue weighted by atomic mass is 35.5. The highest BCUT2D eigenvalue weighted by Crippen LogP contribution is 2.37. The average Bonchev–Trinajstić information content (AvgIpc) is 3.34. The van der Waals surface area contributed by atoms with Gasteiger partial charge >= 0.3 is 0 Å². The summed E-state index contributed by atoms with van der Waals surface area (Å²) in [6.45, 7) is 6.66. The van der Waals surface area contributed by atoms with Gasteiger partial charge < -0.3 is 14.4 Å². The quantitative estimate of drug-likeness (QED) is 0.296. The van der Waals surface area contributed by atoms with Crippen LogP contribution < -0.4 is 15.2 Å². The molecular formula is C31H31ClF2N4O. The Morgan fingerprint density at radius 3 is 2.21 bits per heavy atom. The number of rotatable bonds is 5. The van der Waals surface area contributed by atoms with Crippen LogP contribution in [0.2, 0.25) is 5.02 Å². The van der Waals surface area contributed by atoms with E-state index >= 15 is 4.39 Å². The minimum Gasteiger partial charge on any atom is -0.368 e. The predicted octanol–water partition coefficient (Wildman–Crippen LogP) is 6.23. The number of nitrogens with zero attached hydrogens (tertiary/aromatic N) is 4. The maximum absolute atomic E-state index is 15.5. The number of likely N-dealkylation sites (tertiary alicyclic amines) is 1. The normalized spacial score (nSPS) is 18.3. The maximum atomic E-state index is 15.5. The van der Waals surface area contributed by atoms with E-state index in [9.17, 15) is 9.18 Å². The Balaban J connectivity index is 1.31. The van der Waals surface area contributed by atoms with Crippen LogP contribution in [-0.4, -0.2) is 48.2 Å². The zero-order chi connectivity index (χ0) is 27.1. The van der Waals surface area contributed by atoms with E-state index in [4.69, 9.17) is 11.6 Å². The van der Waals surface area contributed by atoms with Crippen molar-refractivity contribution in [2.24, 2.45) is 0 Å². The van der Waals surface area contributed by atoms with E-state index in [1.807, 2.05) is 21.6 Å². The summed E-state index contributed by atoms with van der Waals surface area (Å²) in [5.74, 6) is -0.781. The van der Waals surface area contributed by atoms with Gasteiger partial charge in [-0.15, -0.1) is 0 Å². The molecule has 1 unspecified atom stereocenters. The van der Waals surface area contributed by atoms with Crippen molar-refractivity contribution >= 4 is 33.9 Å². The average molecular weight is 549 g/mol. The van der Waals surface area contributed by atoms with Crippen LogP contribution in [0.4, 0.5) is 20.2 Å². The third-order valence-corrected chi connectivity index (χ3v) is 8.49. The molecule has 3 aromatic carbocycles. The lowest BCUT2D eigenvalue weighted by Gasteiger charge is -2.38. The number of piperazine rings is 1. The summed E-state index contributed by atoms with van der Waals surface area (Å²) in [4.78, 5) is 19.3. The third kappa shape index (κ3) is 5.01. The van der Waals surface area contributed by atoms with Crippen molar-refractivity contribution in [3.8, 4) is 5.69 Å². The second-order valence-electron chi connectivity index (χ2n) is 10.5.